The van der Waals surface area contributed by atoms with Crippen molar-refractivity contribution < 1.29 is 31.9 Å². The van der Waals surface area contributed by atoms with E-state index in [4.69, 9.17) is 5.11 Å². The summed E-state index contributed by atoms with van der Waals surface area (Å²) < 4.78 is 70.2. The Morgan fingerprint density at radius 2 is 1.79 bits per heavy atom. The molecular weight excluding hydrogens is 581 g/mol. The van der Waals surface area contributed by atoms with Crippen LogP contribution >= 0.6 is 11.3 Å². The number of piperazine rings is 1. The van der Waals surface area contributed by atoms with E-state index < -0.39 is 29.3 Å². The van der Waals surface area contributed by atoms with Gasteiger partial charge in [0.05, 0.1) is 12.0 Å². The molecule has 3 heterocycles. The van der Waals surface area contributed by atoms with Crippen molar-refractivity contribution in [1.82, 2.24) is 19.9 Å². The summed E-state index contributed by atoms with van der Waals surface area (Å²) in [5.41, 5.74) is -1.09. The molecule has 4 rings (SSSR count). The van der Waals surface area contributed by atoms with E-state index in [-0.39, 0.29) is 53.7 Å². The lowest BCUT2D eigenvalue weighted by Gasteiger charge is -2.35. The highest BCUT2D eigenvalue weighted by molar-refractivity contribution is 7.20. The van der Waals surface area contributed by atoms with Gasteiger partial charge in [-0.25, -0.2) is 19.3 Å². The highest BCUT2D eigenvalue weighted by Gasteiger charge is 2.32. The number of nitrogens with one attached hydrogen (secondary N) is 1. The SMILES string of the molecule is C.Cc1nc(Nc2nc(-c3cc(F)cc(C(F)(F)F)c3)c(N(C)C(C)C)s2)c(F)c(N2CCN(CCC(=O)O)CC2)n1. The van der Waals surface area contributed by atoms with Crippen molar-refractivity contribution in [2.45, 2.75) is 46.8 Å². The van der Waals surface area contributed by atoms with Crippen molar-refractivity contribution in [1.29, 1.82) is 0 Å². The number of benzene rings is 1. The number of halogens is 5. The topological polar surface area (TPSA) is 97.7 Å². The van der Waals surface area contributed by atoms with Gasteiger partial charge in [0.2, 0.25) is 5.82 Å². The molecule has 0 radical (unpaired) electrons. The first-order chi connectivity index (χ1) is 19.2. The van der Waals surface area contributed by atoms with Crippen molar-refractivity contribution in [3.8, 4) is 11.3 Å². The summed E-state index contributed by atoms with van der Waals surface area (Å²) in [5.74, 6) is -2.46. The molecule has 2 N–H and O–H groups in total. The molecule has 0 bridgehead atoms. The Morgan fingerprint density at radius 1 is 1.12 bits per heavy atom. The fourth-order valence-electron chi connectivity index (χ4n) is 4.29. The largest absolute Gasteiger partial charge is 0.481 e. The van der Waals surface area contributed by atoms with Gasteiger partial charge in [-0.15, -0.1) is 0 Å². The molecule has 2 aromatic heterocycles. The minimum absolute atomic E-state index is 0. The Balaban J connectivity index is 0.00000484. The Bertz CT molecular complexity index is 1410. The van der Waals surface area contributed by atoms with Gasteiger partial charge in [-0.05, 0) is 39.0 Å². The Hall–Kier alpha value is -3.59. The number of rotatable bonds is 9. The first kappa shape index (κ1) is 32.9. The van der Waals surface area contributed by atoms with Gasteiger partial charge in [-0.1, -0.05) is 18.8 Å². The zero-order valence-electron chi connectivity index (χ0n) is 22.9. The van der Waals surface area contributed by atoms with Crippen LogP contribution in [0, 0.1) is 18.6 Å². The summed E-state index contributed by atoms with van der Waals surface area (Å²) in [6.45, 7) is 7.69. The fraction of sp³-hybridized carbons (Fsp3) is 0.481. The number of hydrogen-bond donors (Lipinski definition) is 2. The van der Waals surface area contributed by atoms with Crippen LogP contribution in [0.25, 0.3) is 11.3 Å². The third-order valence-corrected chi connectivity index (χ3v) is 7.75. The number of alkyl halides is 3. The molecular formula is C27H34F5N7O2S. The van der Waals surface area contributed by atoms with Crippen LogP contribution in [0.3, 0.4) is 0 Å². The molecule has 9 nitrogen and oxygen atoms in total. The molecule has 0 unspecified atom stereocenters. The van der Waals surface area contributed by atoms with Crippen LogP contribution in [0.2, 0.25) is 0 Å². The quantitative estimate of drug-likeness (QED) is 0.280. The third-order valence-electron chi connectivity index (χ3n) is 6.69. The van der Waals surface area contributed by atoms with Gasteiger partial charge in [-0.2, -0.15) is 17.6 Å². The predicted molar refractivity (Wildman–Crippen MR) is 154 cm³/mol. The molecule has 3 aromatic rings. The van der Waals surface area contributed by atoms with Crippen molar-refractivity contribution >= 4 is 39.1 Å². The highest BCUT2D eigenvalue weighted by Crippen LogP contribution is 2.42. The van der Waals surface area contributed by atoms with Crippen LogP contribution in [0.15, 0.2) is 18.2 Å². The number of anilines is 4. The first-order valence-electron chi connectivity index (χ1n) is 12.8. The number of carbonyl (C=O) groups is 1. The smallest absolute Gasteiger partial charge is 0.416 e. The molecule has 0 spiro atoms. The van der Waals surface area contributed by atoms with Gasteiger partial charge in [-0.3, -0.25) is 9.69 Å². The molecule has 0 atom stereocenters. The van der Waals surface area contributed by atoms with Crippen LogP contribution in [-0.4, -0.2) is 76.7 Å². The summed E-state index contributed by atoms with van der Waals surface area (Å²) in [6.07, 6.45) is -4.73. The minimum atomic E-state index is -4.75. The summed E-state index contributed by atoms with van der Waals surface area (Å²) in [4.78, 5) is 29.3. The van der Waals surface area contributed by atoms with Crippen molar-refractivity contribution in [2.75, 3.05) is 54.9 Å². The van der Waals surface area contributed by atoms with E-state index in [0.29, 0.717) is 43.8 Å². The summed E-state index contributed by atoms with van der Waals surface area (Å²) >= 11 is 1.07. The third kappa shape index (κ3) is 7.62. The maximum Gasteiger partial charge on any atom is 0.416 e. The van der Waals surface area contributed by atoms with E-state index in [1.165, 1.54) is 0 Å². The van der Waals surface area contributed by atoms with Gasteiger partial charge in [0.25, 0.3) is 0 Å². The molecule has 1 aliphatic rings. The Labute approximate surface area is 245 Å². The summed E-state index contributed by atoms with van der Waals surface area (Å²) in [6, 6.07) is 2.17. The molecule has 230 valence electrons. The van der Waals surface area contributed by atoms with E-state index in [2.05, 4.69) is 20.3 Å². The van der Waals surface area contributed by atoms with Crippen LogP contribution in [0.1, 0.15) is 39.1 Å². The standard InChI is InChI=1S/C26H30F5N7O2S.CH4/c1-14(2)36(4)24-21(16-11-17(26(29,30)31)13-18(27)12-16)34-25(41-24)35-22-20(28)23(33-15(3)32-22)38-9-7-37(8-10-38)6-5-19(39)40;/h11-14H,5-10H2,1-4H3,(H,39,40)(H,32,33,34,35);1H4. The second-order valence-corrected chi connectivity index (χ2v) is 10.9. The predicted octanol–water partition coefficient (Wildman–Crippen LogP) is 6.03. The number of thiazole rings is 1. The number of aliphatic carboxylic acids is 1. The molecule has 42 heavy (non-hydrogen) atoms. The highest BCUT2D eigenvalue weighted by atomic mass is 32.1. The molecule has 0 saturated carbocycles. The number of aromatic nitrogens is 3. The zero-order valence-corrected chi connectivity index (χ0v) is 23.7. The van der Waals surface area contributed by atoms with E-state index in [1.807, 2.05) is 18.7 Å². The van der Waals surface area contributed by atoms with E-state index in [1.54, 1.807) is 23.8 Å². The maximum atomic E-state index is 15.7. The zero-order chi connectivity index (χ0) is 30.1. The number of carboxylic acid groups (broad SMARTS) is 1. The van der Waals surface area contributed by atoms with Crippen molar-refractivity contribution in [3.05, 3.63) is 41.2 Å². The molecule has 1 aliphatic heterocycles. The van der Waals surface area contributed by atoms with E-state index >= 15 is 4.39 Å². The van der Waals surface area contributed by atoms with Gasteiger partial charge in [0.1, 0.15) is 22.3 Å². The number of nitrogens with zero attached hydrogens (tertiary/aromatic N) is 6. The molecule has 1 aromatic carbocycles. The van der Waals surface area contributed by atoms with Gasteiger partial charge < -0.3 is 20.2 Å². The van der Waals surface area contributed by atoms with Crippen LogP contribution in [0.4, 0.5) is 43.7 Å². The Morgan fingerprint density at radius 3 is 2.38 bits per heavy atom. The first-order valence-corrected chi connectivity index (χ1v) is 13.7. The summed E-state index contributed by atoms with van der Waals surface area (Å²) in [7, 11) is 1.74. The van der Waals surface area contributed by atoms with Crippen LogP contribution < -0.4 is 15.1 Å². The number of carboxylic acids is 1. The lowest BCUT2D eigenvalue weighted by atomic mass is 10.1. The number of hydrogen-bond acceptors (Lipinski definition) is 9. The normalized spacial score (nSPS) is 14.2. The second-order valence-electron chi connectivity index (χ2n) is 9.96. The molecule has 1 saturated heterocycles. The van der Waals surface area contributed by atoms with Crippen molar-refractivity contribution in [2.24, 2.45) is 0 Å². The van der Waals surface area contributed by atoms with Crippen LogP contribution in [0.5, 0.6) is 0 Å². The maximum absolute atomic E-state index is 15.7. The lowest BCUT2D eigenvalue weighted by Crippen LogP contribution is -2.47. The number of aryl methyl sites for hydroxylation is 1. The lowest BCUT2D eigenvalue weighted by molar-refractivity contribution is -0.138. The second kappa shape index (κ2) is 13.2. The Kier molecular flexibility index (Phi) is 10.3. The van der Waals surface area contributed by atoms with Gasteiger partial charge in [0.15, 0.2) is 16.8 Å². The minimum Gasteiger partial charge on any atom is -0.481 e. The fourth-order valence-corrected chi connectivity index (χ4v) is 5.37. The average Bonchev–Trinajstić information content (AvgIpc) is 3.32. The van der Waals surface area contributed by atoms with E-state index in [9.17, 15) is 22.4 Å². The van der Waals surface area contributed by atoms with Gasteiger partial charge in [0, 0.05) is 51.4 Å². The molecule has 15 heteroatoms. The van der Waals surface area contributed by atoms with Crippen molar-refractivity contribution in [3.63, 3.8) is 0 Å². The molecule has 0 aliphatic carbocycles. The average molecular weight is 616 g/mol. The van der Waals surface area contributed by atoms with E-state index in [0.717, 1.165) is 23.5 Å². The van der Waals surface area contributed by atoms with Gasteiger partial charge >= 0.3 is 12.1 Å². The monoisotopic (exact) mass is 615 g/mol. The summed E-state index contributed by atoms with van der Waals surface area (Å²) in [5, 5.41) is 12.4. The molecule has 1 fully saturated rings. The molecule has 0 amide bonds. The van der Waals surface area contributed by atoms with Crippen LogP contribution in [-0.2, 0) is 11.0 Å².